The molecule has 0 saturated heterocycles. The predicted molar refractivity (Wildman–Crippen MR) is 121 cm³/mol. The number of unbranched alkanes of at least 4 members (excludes halogenated alkanes) is 1. The van der Waals surface area contributed by atoms with Crippen molar-refractivity contribution in [3.63, 3.8) is 0 Å². The van der Waals surface area contributed by atoms with Crippen molar-refractivity contribution in [3.05, 3.63) is 41.2 Å². The van der Waals surface area contributed by atoms with Crippen LogP contribution in [0.4, 0.5) is 4.39 Å². The molecule has 0 aliphatic heterocycles. The van der Waals surface area contributed by atoms with Crippen LogP contribution in [-0.2, 0) is 6.42 Å². The number of aryl methyl sites for hydroxylation is 1. The normalized spacial score (nSPS) is 24.9. The van der Waals surface area contributed by atoms with Gasteiger partial charge < -0.3 is 4.74 Å². The minimum absolute atomic E-state index is 0.213. The molecule has 2 aliphatic rings. The molecule has 1 saturated carbocycles. The largest absolute Gasteiger partial charge is 0.491 e. The van der Waals surface area contributed by atoms with Crippen molar-refractivity contribution in [3.8, 4) is 5.75 Å². The Morgan fingerprint density at radius 3 is 2.45 bits per heavy atom. The summed E-state index contributed by atoms with van der Waals surface area (Å²) in [5.74, 6) is 3.08. The molecule has 0 N–H and O–H groups in total. The molecule has 1 nitrogen and oxygen atoms in total. The van der Waals surface area contributed by atoms with E-state index in [1.165, 1.54) is 57.8 Å². The van der Waals surface area contributed by atoms with Gasteiger partial charge in [-0.1, -0.05) is 63.7 Å². The maximum absolute atomic E-state index is 14.2. The highest BCUT2D eigenvalue weighted by Crippen LogP contribution is 2.41. The van der Waals surface area contributed by atoms with Crippen molar-refractivity contribution in [1.82, 2.24) is 0 Å². The first-order valence-corrected chi connectivity index (χ1v) is 12.3. The molecule has 2 aliphatic carbocycles. The lowest BCUT2D eigenvalue weighted by molar-refractivity contribution is 0.186. The number of hydrogen-bond acceptors (Lipinski definition) is 1. The Balaban J connectivity index is 1.41. The van der Waals surface area contributed by atoms with Gasteiger partial charge in [-0.15, -0.1) is 0 Å². The van der Waals surface area contributed by atoms with Crippen LogP contribution in [0.1, 0.15) is 96.5 Å². The Morgan fingerprint density at radius 1 is 0.966 bits per heavy atom. The lowest BCUT2D eigenvalue weighted by Crippen LogP contribution is -2.23. The number of hydrogen-bond donors (Lipinski definition) is 0. The van der Waals surface area contributed by atoms with Gasteiger partial charge in [0, 0.05) is 0 Å². The predicted octanol–water partition coefficient (Wildman–Crippen LogP) is 8.27. The summed E-state index contributed by atoms with van der Waals surface area (Å²) < 4.78 is 19.8. The van der Waals surface area contributed by atoms with Gasteiger partial charge in [0.15, 0.2) is 11.6 Å². The van der Waals surface area contributed by atoms with E-state index in [1.807, 2.05) is 6.07 Å². The number of allylic oxidation sites excluding steroid dienone is 2. The van der Waals surface area contributed by atoms with Crippen LogP contribution in [0.15, 0.2) is 29.8 Å². The summed E-state index contributed by atoms with van der Waals surface area (Å²) in [5, 5.41) is 0. The van der Waals surface area contributed by atoms with Gasteiger partial charge in [0.1, 0.15) is 0 Å². The molecule has 0 radical (unpaired) electrons. The maximum atomic E-state index is 14.2. The monoisotopic (exact) mass is 400 g/mol. The number of ether oxygens (including phenoxy) is 1. The average Bonchev–Trinajstić information content (AvgIpc) is 2.75. The fourth-order valence-electron chi connectivity index (χ4n) is 5.37. The number of benzene rings is 1. The second-order valence-corrected chi connectivity index (χ2v) is 9.43. The Morgan fingerprint density at radius 2 is 1.79 bits per heavy atom. The van der Waals surface area contributed by atoms with Crippen LogP contribution in [0.3, 0.4) is 0 Å². The van der Waals surface area contributed by atoms with E-state index in [0.29, 0.717) is 12.4 Å². The van der Waals surface area contributed by atoms with Crippen molar-refractivity contribution in [1.29, 1.82) is 0 Å². The van der Waals surface area contributed by atoms with Crippen LogP contribution in [0.2, 0.25) is 0 Å². The van der Waals surface area contributed by atoms with Crippen LogP contribution in [0.25, 0.3) is 0 Å². The van der Waals surface area contributed by atoms with E-state index in [4.69, 9.17) is 4.74 Å². The fraction of sp³-hybridized carbons (Fsp3) is 0.704. The molecule has 1 fully saturated rings. The maximum Gasteiger partial charge on any atom is 0.165 e. The third-order valence-electron chi connectivity index (χ3n) is 7.29. The Kier molecular flexibility index (Phi) is 9.08. The zero-order chi connectivity index (χ0) is 20.5. The number of rotatable bonds is 10. The lowest BCUT2D eigenvalue weighted by Gasteiger charge is -2.35. The molecule has 1 atom stereocenters. The highest BCUT2D eigenvalue weighted by Gasteiger charge is 2.28. The molecule has 1 unspecified atom stereocenters. The van der Waals surface area contributed by atoms with E-state index in [2.05, 4.69) is 19.9 Å². The van der Waals surface area contributed by atoms with Crippen LogP contribution < -0.4 is 4.74 Å². The lowest BCUT2D eigenvalue weighted by atomic mass is 9.70. The van der Waals surface area contributed by atoms with Gasteiger partial charge in [0.05, 0.1) is 6.61 Å². The van der Waals surface area contributed by atoms with Crippen LogP contribution in [-0.4, -0.2) is 6.61 Å². The standard InChI is InChI=1S/C27H41FO/c1-3-5-19-29-27-18-13-23(20-26(27)28)8-7-22-11-16-25(17-12-22)24-14-9-21(6-4-2)10-15-24/h11,13,18,20-21,24-25H,3-10,12,14-17,19H2,1-2H3/t21-,24-,25?. The first kappa shape index (κ1) is 22.4. The molecule has 0 spiro atoms. The molecule has 3 rings (SSSR count). The molecule has 2 heteroatoms. The second kappa shape index (κ2) is 11.8. The smallest absolute Gasteiger partial charge is 0.165 e. The quantitative estimate of drug-likeness (QED) is 0.284. The first-order chi connectivity index (χ1) is 14.2. The fourth-order valence-corrected chi connectivity index (χ4v) is 5.37. The van der Waals surface area contributed by atoms with E-state index in [1.54, 1.807) is 17.7 Å². The van der Waals surface area contributed by atoms with Gasteiger partial charge in [-0.3, -0.25) is 0 Å². The second-order valence-electron chi connectivity index (χ2n) is 9.43. The molecule has 162 valence electrons. The van der Waals surface area contributed by atoms with Gasteiger partial charge >= 0.3 is 0 Å². The summed E-state index contributed by atoms with van der Waals surface area (Å²) in [6.45, 7) is 5.04. The summed E-state index contributed by atoms with van der Waals surface area (Å²) in [6.07, 6.45) is 19.1. The van der Waals surface area contributed by atoms with E-state index in [9.17, 15) is 4.39 Å². The van der Waals surface area contributed by atoms with Crippen LogP contribution >= 0.6 is 0 Å². The zero-order valence-electron chi connectivity index (χ0n) is 18.7. The number of halogens is 1. The van der Waals surface area contributed by atoms with E-state index in [-0.39, 0.29) is 5.82 Å². The average molecular weight is 401 g/mol. The van der Waals surface area contributed by atoms with Crippen molar-refractivity contribution in [2.75, 3.05) is 6.61 Å². The van der Waals surface area contributed by atoms with Gasteiger partial charge in [0.25, 0.3) is 0 Å². The molecular formula is C27H41FO. The van der Waals surface area contributed by atoms with E-state index in [0.717, 1.165) is 49.0 Å². The molecular weight excluding hydrogens is 359 g/mol. The molecule has 1 aromatic carbocycles. The van der Waals surface area contributed by atoms with Crippen molar-refractivity contribution in [2.45, 2.75) is 97.3 Å². The van der Waals surface area contributed by atoms with Gasteiger partial charge in [0.2, 0.25) is 0 Å². The molecule has 29 heavy (non-hydrogen) atoms. The molecule has 1 aromatic rings. The summed E-state index contributed by atoms with van der Waals surface area (Å²) in [4.78, 5) is 0. The van der Waals surface area contributed by atoms with Crippen LogP contribution in [0.5, 0.6) is 5.75 Å². The summed E-state index contributed by atoms with van der Waals surface area (Å²) >= 11 is 0. The van der Waals surface area contributed by atoms with Gasteiger partial charge in [-0.25, -0.2) is 4.39 Å². The summed E-state index contributed by atoms with van der Waals surface area (Å²) in [5.41, 5.74) is 2.67. The third-order valence-corrected chi connectivity index (χ3v) is 7.29. The van der Waals surface area contributed by atoms with Crippen molar-refractivity contribution < 1.29 is 9.13 Å². The Labute approximate surface area is 178 Å². The van der Waals surface area contributed by atoms with Crippen LogP contribution in [0, 0.1) is 23.6 Å². The highest BCUT2D eigenvalue weighted by atomic mass is 19.1. The third kappa shape index (κ3) is 6.86. The Bertz CT molecular complexity index is 642. The van der Waals surface area contributed by atoms with Gasteiger partial charge in [-0.2, -0.15) is 0 Å². The van der Waals surface area contributed by atoms with E-state index >= 15 is 0 Å². The summed E-state index contributed by atoms with van der Waals surface area (Å²) in [7, 11) is 0. The van der Waals surface area contributed by atoms with Crippen molar-refractivity contribution in [2.24, 2.45) is 17.8 Å². The van der Waals surface area contributed by atoms with Crippen molar-refractivity contribution >= 4 is 0 Å². The first-order valence-electron chi connectivity index (χ1n) is 12.3. The molecule has 0 amide bonds. The SMILES string of the molecule is CCCCOc1ccc(CCC2=CCC([C@H]3CC[C@H](CCC)CC3)CC2)cc1F. The van der Waals surface area contributed by atoms with E-state index < -0.39 is 0 Å². The minimum Gasteiger partial charge on any atom is -0.491 e. The Hall–Kier alpha value is -1.31. The zero-order valence-corrected chi connectivity index (χ0v) is 18.7. The highest BCUT2D eigenvalue weighted by molar-refractivity contribution is 5.30. The minimum atomic E-state index is -0.213. The molecule has 0 bridgehead atoms. The summed E-state index contributed by atoms with van der Waals surface area (Å²) in [6, 6.07) is 5.51. The molecule has 0 heterocycles. The topological polar surface area (TPSA) is 9.23 Å². The van der Waals surface area contributed by atoms with Gasteiger partial charge in [-0.05, 0) is 86.8 Å². The molecule has 0 aromatic heterocycles.